The summed E-state index contributed by atoms with van der Waals surface area (Å²) in [7, 11) is -4.40. The van der Waals surface area contributed by atoms with Gasteiger partial charge in [0.05, 0.1) is 16.0 Å². The molecule has 2 aromatic rings. The van der Waals surface area contributed by atoms with Crippen molar-refractivity contribution < 1.29 is 26.4 Å². The lowest BCUT2D eigenvalue weighted by Crippen LogP contribution is -2.46. The van der Waals surface area contributed by atoms with Gasteiger partial charge in [0.2, 0.25) is 10.0 Å². The number of anilines is 1. The van der Waals surface area contributed by atoms with Gasteiger partial charge in [0.1, 0.15) is 0 Å². The standard InChI is InChI=1S/C19H19BrF3N3O3S/c20-12-5-6-17(15(11-12)19(21,22)23)30(28,29)25-13-7-9-26(10-8-13)18(27)14-3-1-2-4-16(14)24/h1-6,11,13,25H,7-10,24H2. The fraction of sp³-hybridized carbons (Fsp3) is 0.316. The van der Waals surface area contributed by atoms with Gasteiger partial charge in [-0.1, -0.05) is 28.1 Å². The summed E-state index contributed by atoms with van der Waals surface area (Å²) in [5, 5.41) is 0. The molecule has 0 saturated carbocycles. The maximum absolute atomic E-state index is 13.3. The molecule has 3 rings (SSSR count). The van der Waals surface area contributed by atoms with E-state index in [0.717, 1.165) is 12.1 Å². The highest BCUT2D eigenvalue weighted by Crippen LogP contribution is 2.36. The highest BCUT2D eigenvalue weighted by molar-refractivity contribution is 9.10. The monoisotopic (exact) mass is 505 g/mol. The third kappa shape index (κ3) is 4.96. The number of nitrogens with one attached hydrogen (secondary N) is 1. The predicted molar refractivity (Wildman–Crippen MR) is 109 cm³/mol. The topological polar surface area (TPSA) is 92.5 Å². The smallest absolute Gasteiger partial charge is 0.398 e. The molecule has 162 valence electrons. The van der Waals surface area contributed by atoms with Gasteiger partial charge in [0.15, 0.2) is 0 Å². The van der Waals surface area contributed by atoms with Crippen LogP contribution in [-0.4, -0.2) is 38.4 Å². The average molecular weight is 506 g/mol. The number of sulfonamides is 1. The Balaban J connectivity index is 1.71. The molecule has 6 nitrogen and oxygen atoms in total. The van der Waals surface area contributed by atoms with E-state index in [1.54, 1.807) is 29.2 Å². The Bertz CT molecular complexity index is 1050. The molecule has 0 bridgehead atoms. The summed E-state index contributed by atoms with van der Waals surface area (Å²) in [5.41, 5.74) is 5.30. The van der Waals surface area contributed by atoms with Gasteiger partial charge in [-0.15, -0.1) is 0 Å². The van der Waals surface area contributed by atoms with Crippen molar-refractivity contribution in [3.63, 3.8) is 0 Å². The van der Waals surface area contributed by atoms with E-state index in [0.29, 0.717) is 11.3 Å². The SMILES string of the molecule is Nc1ccccc1C(=O)N1CCC(NS(=O)(=O)c2ccc(Br)cc2C(F)(F)F)CC1. The van der Waals surface area contributed by atoms with E-state index < -0.39 is 32.7 Å². The van der Waals surface area contributed by atoms with Gasteiger partial charge in [0, 0.05) is 29.3 Å². The van der Waals surface area contributed by atoms with Crippen LogP contribution in [0.15, 0.2) is 51.8 Å². The van der Waals surface area contributed by atoms with Crippen LogP contribution in [0.3, 0.4) is 0 Å². The maximum atomic E-state index is 13.3. The van der Waals surface area contributed by atoms with Crippen molar-refractivity contribution in [2.45, 2.75) is 30.0 Å². The number of carbonyl (C=O) groups excluding carboxylic acids is 1. The fourth-order valence-electron chi connectivity index (χ4n) is 3.30. The molecule has 0 aromatic heterocycles. The average Bonchev–Trinajstić information content (AvgIpc) is 2.67. The van der Waals surface area contributed by atoms with Gasteiger partial charge in [-0.2, -0.15) is 13.2 Å². The van der Waals surface area contributed by atoms with E-state index in [-0.39, 0.29) is 36.3 Å². The zero-order valence-corrected chi connectivity index (χ0v) is 18.0. The minimum atomic E-state index is -4.82. The van der Waals surface area contributed by atoms with Gasteiger partial charge >= 0.3 is 6.18 Å². The van der Waals surface area contributed by atoms with Gasteiger partial charge < -0.3 is 10.6 Å². The van der Waals surface area contributed by atoms with Crippen LogP contribution >= 0.6 is 15.9 Å². The first kappa shape index (κ1) is 22.6. The van der Waals surface area contributed by atoms with E-state index in [2.05, 4.69) is 20.7 Å². The Morgan fingerprint density at radius 1 is 1.13 bits per heavy atom. The number of amides is 1. The molecule has 1 heterocycles. The molecule has 0 radical (unpaired) electrons. The Morgan fingerprint density at radius 3 is 2.37 bits per heavy atom. The number of hydrogen-bond acceptors (Lipinski definition) is 4. The first-order chi connectivity index (χ1) is 14.0. The zero-order valence-electron chi connectivity index (χ0n) is 15.6. The summed E-state index contributed by atoms with van der Waals surface area (Å²) in [5.74, 6) is -0.262. The lowest BCUT2D eigenvalue weighted by molar-refractivity contribution is -0.139. The summed E-state index contributed by atoms with van der Waals surface area (Å²) >= 11 is 2.94. The summed E-state index contributed by atoms with van der Waals surface area (Å²) < 4.78 is 67.7. The molecule has 1 fully saturated rings. The van der Waals surface area contributed by atoms with Crippen molar-refractivity contribution in [2.75, 3.05) is 18.8 Å². The number of piperidine rings is 1. The van der Waals surface area contributed by atoms with Crippen LogP contribution in [-0.2, 0) is 16.2 Å². The number of hydrogen-bond donors (Lipinski definition) is 2. The number of nitrogens with two attached hydrogens (primary N) is 1. The second-order valence-electron chi connectivity index (χ2n) is 6.91. The van der Waals surface area contributed by atoms with Crippen molar-refractivity contribution in [3.8, 4) is 0 Å². The third-order valence-electron chi connectivity index (χ3n) is 4.83. The van der Waals surface area contributed by atoms with E-state index in [9.17, 15) is 26.4 Å². The largest absolute Gasteiger partial charge is 0.417 e. The lowest BCUT2D eigenvalue weighted by atomic mass is 10.0. The minimum absolute atomic E-state index is 0.126. The van der Waals surface area contributed by atoms with E-state index in [1.807, 2.05) is 0 Å². The van der Waals surface area contributed by atoms with E-state index in [4.69, 9.17) is 5.73 Å². The van der Waals surface area contributed by atoms with Crippen molar-refractivity contribution in [1.82, 2.24) is 9.62 Å². The van der Waals surface area contributed by atoms with Crippen LogP contribution in [0.2, 0.25) is 0 Å². The van der Waals surface area contributed by atoms with Crippen molar-refractivity contribution in [2.24, 2.45) is 0 Å². The number of alkyl halides is 3. The summed E-state index contributed by atoms with van der Waals surface area (Å²) in [4.78, 5) is 13.3. The number of para-hydroxylation sites is 1. The lowest BCUT2D eigenvalue weighted by Gasteiger charge is -2.32. The third-order valence-corrected chi connectivity index (χ3v) is 6.90. The number of halogens is 4. The number of nitrogens with zero attached hydrogens (tertiary/aromatic N) is 1. The predicted octanol–water partition coefficient (Wildman–Crippen LogP) is 3.63. The molecule has 0 unspecified atom stereocenters. The van der Waals surface area contributed by atoms with Crippen LogP contribution in [0.25, 0.3) is 0 Å². The number of carbonyl (C=O) groups is 1. The van der Waals surface area contributed by atoms with Crippen LogP contribution in [0.4, 0.5) is 18.9 Å². The number of likely N-dealkylation sites (tertiary alicyclic amines) is 1. The molecule has 1 aliphatic heterocycles. The molecule has 1 amide bonds. The highest BCUT2D eigenvalue weighted by atomic mass is 79.9. The molecule has 1 saturated heterocycles. The molecule has 30 heavy (non-hydrogen) atoms. The second-order valence-corrected chi connectivity index (χ2v) is 9.51. The van der Waals surface area contributed by atoms with Crippen molar-refractivity contribution >= 4 is 37.5 Å². The minimum Gasteiger partial charge on any atom is -0.398 e. The van der Waals surface area contributed by atoms with Crippen LogP contribution < -0.4 is 10.5 Å². The molecule has 11 heteroatoms. The molecule has 0 spiro atoms. The molecular weight excluding hydrogens is 487 g/mol. The summed E-state index contributed by atoms with van der Waals surface area (Å²) in [6.45, 7) is 0.514. The molecule has 3 N–H and O–H groups in total. The van der Waals surface area contributed by atoms with Crippen molar-refractivity contribution in [1.29, 1.82) is 0 Å². The van der Waals surface area contributed by atoms with E-state index in [1.165, 1.54) is 6.07 Å². The second kappa shape index (κ2) is 8.56. The Labute approximate surface area is 180 Å². The van der Waals surface area contributed by atoms with Crippen molar-refractivity contribution in [3.05, 3.63) is 58.1 Å². The maximum Gasteiger partial charge on any atom is 0.417 e. The first-order valence-electron chi connectivity index (χ1n) is 9.02. The van der Waals surface area contributed by atoms with Gasteiger partial charge in [-0.3, -0.25) is 4.79 Å². The quantitative estimate of drug-likeness (QED) is 0.620. The molecule has 0 atom stereocenters. The number of rotatable bonds is 4. The zero-order chi connectivity index (χ0) is 22.1. The number of nitrogen functional groups attached to an aromatic ring is 1. The van der Waals surface area contributed by atoms with Crippen LogP contribution in [0, 0.1) is 0 Å². The van der Waals surface area contributed by atoms with Gasteiger partial charge in [-0.25, -0.2) is 13.1 Å². The molecule has 2 aromatic carbocycles. The number of benzene rings is 2. The summed E-state index contributed by atoms with van der Waals surface area (Å²) in [6, 6.07) is 8.95. The molecule has 1 aliphatic rings. The fourth-order valence-corrected chi connectivity index (χ4v) is 5.18. The first-order valence-corrected chi connectivity index (χ1v) is 11.3. The Kier molecular flexibility index (Phi) is 6.44. The van der Waals surface area contributed by atoms with E-state index >= 15 is 0 Å². The molecule has 0 aliphatic carbocycles. The van der Waals surface area contributed by atoms with Gasteiger partial charge in [-0.05, 0) is 43.2 Å². The van der Waals surface area contributed by atoms with Gasteiger partial charge in [0.25, 0.3) is 5.91 Å². The Morgan fingerprint density at radius 2 is 1.77 bits per heavy atom. The Hall–Kier alpha value is -2.11. The normalized spacial score (nSPS) is 15.9. The highest BCUT2D eigenvalue weighted by Gasteiger charge is 2.38. The van der Waals surface area contributed by atoms with Crippen LogP contribution in [0.1, 0.15) is 28.8 Å². The van der Waals surface area contributed by atoms with Crippen LogP contribution in [0.5, 0.6) is 0 Å². The molecular formula is C19H19BrF3N3O3S. The summed E-state index contributed by atoms with van der Waals surface area (Å²) in [6.07, 6.45) is -4.27.